The molecule has 1 aliphatic heterocycles. The number of aliphatic carboxylic acids is 1. The first kappa shape index (κ1) is 20.4. The normalized spacial score (nSPS) is 16.0. The molecule has 2 amide bonds. The molecule has 0 aromatic heterocycles. The molecular formula is C22H24N2O5. The van der Waals surface area contributed by atoms with E-state index >= 15 is 0 Å². The van der Waals surface area contributed by atoms with E-state index in [1.54, 1.807) is 63.2 Å². The topological polar surface area (TPSA) is 95.9 Å². The summed E-state index contributed by atoms with van der Waals surface area (Å²) in [6.45, 7) is 5.29. The fraction of sp³-hybridized carbons (Fsp3) is 0.318. The fourth-order valence-electron chi connectivity index (χ4n) is 3.19. The number of nitrogens with one attached hydrogen (secondary N) is 1. The number of ether oxygens (including phenoxy) is 1. The van der Waals surface area contributed by atoms with Crippen molar-refractivity contribution in [1.82, 2.24) is 4.90 Å². The van der Waals surface area contributed by atoms with Gasteiger partial charge in [0.25, 0.3) is 5.91 Å². The first-order valence-corrected chi connectivity index (χ1v) is 9.35. The van der Waals surface area contributed by atoms with Gasteiger partial charge in [0.05, 0.1) is 6.54 Å². The van der Waals surface area contributed by atoms with Crippen LogP contribution in [-0.2, 0) is 22.5 Å². The van der Waals surface area contributed by atoms with Crippen molar-refractivity contribution in [3.63, 3.8) is 0 Å². The van der Waals surface area contributed by atoms with Crippen LogP contribution in [0.3, 0.4) is 0 Å². The molecule has 0 radical (unpaired) electrons. The fourth-order valence-corrected chi connectivity index (χ4v) is 3.19. The van der Waals surface area contributed by atoms with Crippen LogP contribution in [0.4, 0.5) is 10.5 Å². The van der Waals surface area contributed by atoms with Crippen molar-refractivity contribution in [2.24, 2.45) is 0 Å². The SMILES string of the molecule is CC(C)(C)OC(=O)N1Cc2cc(NC(=O)c3ccccc3)ccc2CC1C(=O)O. The molecule has 3 rings (SSSR count). The minimum atomic E-state index is -1.08. The number of carboxylic acids is 1. The lowest BCUT2D eigenvalue weighted by atomic mass is 9.93. The lowest BCUT2D eigenvalue weighted by molar-refractivity contribution is -0.143. The minimum Gasteiger partial charge on any atom is -0.480 e. The van der Waals surface area contributed by atoms with Crippen LogP contribution in [0.5, 0.6) is 0 Å². The van der Waals surface area contributed by atoms with Crippen LogP contribution in [0.2, 0.25) is 0 Å². The van der Waals surface area contributed by atoms with Crippen LogP contribution in [0, 0.1) is 0 Å². The summed E-state index contributed by atoms with van der Waals surface area (Å²) in [5.74, 6) is -1.32. The number of carbonyl (C=O) groups excluding carboxylic acids is 2. The van der Waals surface area contributed by atoms with Gasteiger partial charge < -0.3 is 15.2 Å². The zero-order valence-electron chi connectivity index (χ0n) is 16.6. The lowest BCUT2D eigenvalue weighted by Crippen LogP contribution is -2.50. The van der Waals surface area contributed by atoms with Crippen molar-refractivity contribution < 1.29 is 24.2 Å². The average molecular weight is 396 g/mol. The molecule has 1 aliphatic rings. The van der Waals surface area contributed by atoms with Gasteiger partial charge in [0.2, 0.25) is 0 Å². The standard InChI is InChI=1S/C22H24N2O5/c1-22(2,3)29-21(28)24-13-16-11-17(10-9-15(16)12-18(24)20(26)27)23-19(25)14-7-5-4-6-8-14/h4-11,18H,12-13H2,1-3H3,(H,23,25)(H,26,27). The van der Waals surface area contributed by atoms with Gasteiger partial charge in [0.15, 0.2) is 0 Å². The number of amides is 2. The van der Waals surface area contributed by atoms with Crippen LogP contribution in [0.15, 0.2) is 48.5 Å². The van der Waals surface area contributed by atoms with Gasteiger partial charge in [-0.3, -0.25) is 9.69 Å². The number of nitrogens with zero attached hydrogens (tertiary/aromatic N) is 1. The molecule has 2 N–H and O–H groups in total. The summed E-state index contributed by atoms with van der Waals surface area (Å²) in [6, 6.07) is 13.1. The van der Waals surface area contributed by atoms with E-state index in [4.69, 9.17) is 4.74 Å². The summed E-state index contributed by atoms with van der Waals surface area (Å²) in [5, 5.41) is 12.4. The predicted octanol–water partition coefficient (Wildman–Crippen LogP) is 3.69. The van der Waals surface area contributed by atoms with Crippen LogP contribution in [0.1, 0.15) is 42.3 Å². The molecular weight excluding hydrogens is 372 g/mol. The lowest BCUT2D eigenvalue weighted by Gasteiger charge is -2.35. The second kappa shape index (κ2) is 7.95. The zero-order chi connectivity index (χ0) is 21.2. The maximum absolute atomic E-state index is 12.6. The molecule has 29 heavy (non-hydrogen) atoms. The third-order valence-corrected chi connectivity index (χ3v) is 4.54. The Bertz CT molecular complexity index is 934. The summed E-state index contributed by atoms with van der Waals surface area (Å²) >= 11 is 0. The molecule has 0 bridgehead atoms. The summed E-state index contributed by atoms with van der Waals surface area (Å²) in [7, 11) is 0. The van der Waals surface area contributed by atoms with E-state index in [1.165, 1.54) is 4.90 Å². The van der Waals surface area contributed by atoms with E-state index in [0.29, 0.717) is 11.3 Å². The Morgan fingerprint density at radius 3 is 2.38 bits per heavy atom. The Morgan fingerprint density at radius 2 is 1.76 bits per heavy atom. The Labute approximate surface area is 169 Å². The molecule has 1 heterocycles. The smallest absolute Gasteiger partial charge is 0.411 e. The Hall–Kier alpha value is -3.35. The number of rotatable bonds is 3. The number of carbonyl (C=O) groups is 3. The van der Waals surface area contributed by atoms with Gasteiger partial charge in [-0.05, 0) is 56.2 Å². The predicted molar refractivity (Wildman–Crippen MR) is 108 cm³/mol. The van der Waals surface area contributed by atoms with E-state index in [1.807, 2.05) is 6.07 Å². The maximum atomic E-state index is 12.6. The number of anilines is 1. The Kier molecular flexibility index (Phi) is 5.59. The molecule has 7 nitrogen and oxygen atoms in total. The minimum absolute atomic E-state index is 0.0935. The molecule has 0 aliphatic carbocycles. The molecule has 1 unspecified atom stereocenters. The second-order valence-corrected chi connectivity index (χ2v) is 7.97. The van der Waals surface area contributed by atoms with Crippen molar-refractivity contribution in [2.45, 2.75) is 45.4 Å². The highest BCUT2D eigenvalue weighted by Gasteiger charge is 2.37. The molecule has 0 saturated heterocycles. The highest BCUT2D eigenvalue weighted by Crippen LogP contribution is 2.28. The first-order valence-electron chi connectivity index (χ1n) is 9.35. The van der Waals surface area contributed by atoms with E-state index in [9.17, 15) is 19.5 Å². The average Bonchev–Trinajstić information content (AvgIpc) is 2.66. The number of hydrogen-bond acceptors (Lipinski definition) is 4. The third kappa shape index (κ3) is 4.93. The van der Waals surface area contributed by atoms with Crippen LogP contribution in [0.25, 0.3) is 0 Å². The number of carboxylic acid groups (broad SMARTS) is 1. The maximum Gasteiger partial charge on any atom is 0.411 e. The second-order valence-electron chi connectivity index (χ2n) is 7.97. The van der Waals surface area contributed by atoms with E-state index in [0.717, 1.165) is 11.1 Å². The van der Waals surface area contributed by atoms with Gasteiger partial charge in [0.1, 0.15) is 11.6 Å². The van der Waals surface area contributed by atoms with Gasteiger partial charge >= 0.3 is 12.1 Å². The van der Waals surface area contributed by atoms with Crippen molar-refractivity contribution in [3.05, 3.63) is 65.2 Å². The highest BCUT2D eigenvalue weighted by molar-refractivity contribution is 6.04. The summed E-state index contributed by atoms with van der Waals surface area (Å²) in [4.78, 5) is 37.9. The van der Waals surface area contributed by atoms with Gasteiger partial charge in [-0.1, -0.05) is 24.3 Å². The van der Waals surface area contributed by atoms with Crippen molar-refractivity contribution in [2.75, 3.05) is 5.32 Å². The van der Waals surface area contributed by atoms with Crippen molar-refractivity contribution in [1.29, 1.82) is 0 Å². The number of benzene rings is 2. The highest BCUT2D eigenvalue weighted by atomic mass is 16.6. The van der Waals surface area contributed by atoms with Gasteiger partial charge in [-0.25, -0.2) is 9.59 Å². The molecule has 152 valence electrons. The molecule has 1 atom stereocenters. The summed E-state index contributed by atoms with van der Waals surface area (Å²) in [6.07, 6.45) is -0.495. The quantitative estimate of drug-likeness (QED) is 0.825. The van der Waals surface area contributed by atoms with Crippen LogP contribution < -0.4 is 5.32 Å². The molecule has 7 heteroatoms. The Balaban J connectivity index is 1.83. The Morgan fingerprint density at radius 1 is 1.07 bits per heavy atom. The largest absolute Gasteiger partial charge is 0.480 e. The van der Waals surface area contributed by atoms with Gasteiger partial charge in [0, 0.05) is 17.7 Å². The molecule has 0 saturated carbocycles. The van der Waals surface area contributed by atoms with Crippen molar-refractivity contribution >= 4 is 23.7 Å². The van der Waals surface area contributed by atoms with Crippen LogP contribution >= 0.6 is 0 Å². The van der Waals surface area contributed by atoms with Crippen LogP contribution in [-0.4, -0.2) is 39.6 Å². The molecule has 2 aromatic carbocycles. The monoisotopic (exact) mass is 396 g/mol. The van der Waals surface area contributed by atoms with Crippen molar-refractivity contribution in [3.8, 4) is 0 Å². The number of hydrogen-bond donors (Lipinski definition) is 2. The number of fused-ring (bicyclic) bond motifs is 1. The summed E-state index contributed by atoms with van der Waals surface area (Å²) < 4.78 is 5.38. The third-order valence-electron chi connectivity index (χ3n) is 4.54. The van der Waals surface area contributed by atoms with E-state index in [2.05, 4.69) is 5.32 Å². The molecule has 2 aromatic rings. The van der Waals surface area contributed by atoms with Gasteiger partial charge in [-0.15, -0.1) is 0 Å². The zero-order valence-corrected chi connectivity index (χ0v) is 16.6. The molecule has 0 fully saturated rings. The molecule has 0 spiro atoms. The first-order chi connectivity index (χ1) is 13.6. The van der Waals surface area contributed by atoms with E-state index in [-0.39, 0.29) is 18.9 Å². The summed E-state index contributed by atoms with van der Waals surface area (Å²) in [5.41, 5.74) is 1.99. The van der Waals surface area contributed by atoms with E-state index < -0.39 is 23.7 Å². The van der Waals surface area contributed by atoms with Gasteiger partial charge in [-0.2, -0.15) is 0 Å².